The van der Waals surface area contributed by atoms with Gasteiger partial charge in [0.25, 0.3) is 0 Å². The molecule has 0 bridgehead atoms. The molecule has 0 fully saturated rings. The lowest BCUT2D eigenvalue weighted by atomic mass is 10.0. The van der Waals surface area contributed by atoms with Crippen LogP contribution < -0.4 is 5.32 Å². The van der Waals surface area contributed by atoms with Crippen molar-refractivity contribution in [1.82, 2.24) is 15.0 Å². The highest BCUT2D eigenvalue weighted by atomic mass is 15.1. The summed E-state index contributed by atoms with van der Waals surface area (Å²) in [6, 6.07) is 18.0. The van der Waals surface area contributed by atoms with Gasteiger partial charge in [-0.25, -0.2) is 9.97 Å². The molecule has 4 aromatic rings. The first-order valence-electron chi connectivity index (χ1n) is 11.0. The number of rotatable bonds is 7. The van der Waals surface area contributed by atoms with Crippen LogP contribution in [0, 0.1) is 18.3 Å². The molecule has 2 aromatic carbocycles. The highest BCUT2D eigenvalue weighted by molar-refractivity contribution is 5.80. The van der Waals surface area contributed by atoms with Gasteiger partial charge in [0.1, 0.15) is 0 Å². The number of aryl methyl sites for hydroxylation is 1. The molecule has 0 saturated carbocycles. The van der Waals surface area contributed by atoms with Crippen LogP contribution in [0.2, 0.25) is 0 Å². The minimum atomic E-state index is 0.554. The van der Waals surface area contributed by atoms with Gasteiger partial charge in [-0.3, -0.25) is 4.98 Å². The van der Waals surface area contributed by atoms with E-state index in [1.54, 1.807) is 18.3 Å². The van der Waals surface area contributed by atoms with Gasteiger partial charge in [-0.1, -0.05) is 49.4 Å². The van der Waals surface area contributed by atoms with Crippen LogP contribution in [0.4, 0.5) is 5.95 Å². The fourth-order valence-electron chi connectivity index (χ4n) is 3.47. The lowest BCUT2D eigenvalue weighted by Crippen LogP contribution is -2.04. The smallest absolute Gasteiger partial charge is 0.223 e. The Balaban J connectivity index is 1.50. The molecule has 162 valence electrons. The van der Waals surface area contributed by atoms with Gasteiger partial charge >= 0.3 is 0 Å². The molecule has 0 unspecified atom stereocenters. The van der Waals surface area contributed by atoms with Crippen LogP contribution in [0.25, 0.3) is 28.2 Å². The van der Waals surface area contributed by atoms with Gasteiger partial charge in [-0.15, -0.1) is 0 Å². The van der Waals surface area contributed by atoms with Crippen molar-refractivity contribution in [3.8, 4) is 17.3 Å². The molecule has 0 atom stereocenters. The predicted octanol–water partition coefficient (Wildman–Crippen LogP) is 6.46. The second kappa shape index (κ2) is 10.3. The van der Waals surface area contributed by atoms with Gasteiger partial charge in [0.2, 0.25) is 5.95 Å². The number of hydrogen-bond donors (Lipinski definition) is 1. The van der Waals surface area contributed by atoms with Gasteiger partial charge in [-0.2, -0.15) is 5.26 Å². The molecule has 0 aliphatic carbocycles. The topological polar surface area (TPSA) is 74.5 Å². The SMILES string of the molecule is CC/C=C/C=C\c1cc(-c2ccnc(NCc3cnc4cc(C#N)ccc4c3)n2)ccc1C. The zero-order chi connectivity index (χ0) is 23.0. The van der Waals surface area contributed by atoms with Crippen molar-refractivity contribution in [1.29, 1.82) is 5.26 Å². The third kappa shape index (κ3) is 5.50. The Labute approximate surface area is 194 Å². The average Bonchev–Trinajstić information content (AvgIpc) is 2.86. The van der Waals surface area contributed by atoms with E-state index >= 15 is 0 Å². The van der Waals surface area contributed by atoms with Gasteiger partial charge in [0.15, 0.2) is 0 Å². The maximum Gasteiger partial charge on any atom is 0.223 e. The van der Waals surface area contributed by atoms with Crippen LogP contribution in [0.5, 0.6) is 0 Å². The zero-order valence-corrected chi connectivity index (χ0v) is 18.8. The molecule has 5 heteroatoms. The lowest BCUT2D eigenvalue weighted by molar-refractivity contribution is 1.05. The first-order chi connectivity index (χ1) is 16.2. The van der Waals surface area contributed by atoms with Crippen molar-refractivity contribution >= 4 is 22.9 Å². The van der Waals surface area contributed by atoms with E-state index in [1.165, 1.54) is 11.1 Å². The summed E-state index contributed by atoms with van der Waals surface area (Å²) >= 11 is 0. The Bertz CT molecular complexity index is 1380. The van der Waals surface area contributed by atoms with Crippen LogP contribution in [0.3, 0.4) is 0 Å². The number of nitrogens with one attached hydrogen (secondary N) is 1. The third-order valence-corrected chi connectivity index (χ3v) is 5.31. The molecule has 1 N–H and O–H groups in total. The van der Waals surface area contributed by atoms with E-state index in [0.717, 1.165) is 34.1 Å². The number of fused-ring (bicyclic) bond motifs is 1. The Hall–Kier alpha value is -4.30. The first kappa shape index (κ1) is 21.9. The number of aromatic nitrogens is 3. The van der Waals surface area contributed by atoms with Crippen molar-refractivity contribution in [2.24, 2.45) is 0 Å². The van der Waals surface area contributed by atoms with E-state index in [4.69, 9.17) is 10.2 Å². The van der Waals surface area contributed by atoms with Crippen LogP contribution in [0.15, 0.2) is 79.2 Å². The quantitative estimate of drug-likeness (QED) is 0.340. The van der Waals surface area contributed by atoms with Crippen LogP contribution >= 0.6 is 0 Å². The van der Waals surface area contributed by atoms with Crippen molar-refractivity contribution in [2.45, 2.75) is 26.8 Å². The van der Waals surface area contributed by atoms with E-state index < -0.39 is 0 Å². The fourth-order valence-corrected chi connectivity index (χ4v) is 3.47. The van der Waals surface area contributed by atoms with Crippen molar-refractivity contribution in [3.05, 3.63) is 101 Å². The maximum absolute atomic E-state index is 9.05. The summed E-state index contributed by atoms with van der Waals surface area (Å²) in [4.78, 5) is 13.6. The maximum atomic E-state index is 9.05. The number of benzene rings is 2. The number of nitrogens with zero attached hydrogens (tertiary/aromatic N) is 4. The molecule has 0 aliphatic heterocycles. The Kier molecular flexibility index (Phi) is 6.87. The number of nitriles is 1. The Morgan fingerprint density at radius 1 is 1.03 bits per heavy atom. The second-order valence-electron chi connectivity index (χ2n) is 7.75. The van der Waals surface area contributed by atoms with Crippen LogP contribution in [0.1, 0.15) is 35.6 Å². The molecule has 5 nitrogen and oxygen atoms in total. The molecule has 0 aliphatic rings. The van der Waals surface area contributed by atoms with Gasteiger partial charge < -0.3 is 5.32 Å². The molecule has 4 rings (SSSR count). The predicted molar refractivity (Wildman–Crippen MR) is 134 cm³/mol. The van der Waals surface area contributed by atoms with Gasteiger partial charge in [0.05, 0.1) is 22.8 Å². The average molecular weight is 432 g/mol. The second-order valence-corrected chi connectivity index (χ2v) is 7.75. The van der Waals surface area contributed by atoms with E-state index in [-0.39, 0.29) is 0 Å². The van der Waals surface area contributed by atoms with E-state index in [2.05, 4.69) is 83.8 Å². The monoisotopic (exact) mass is 431 g/mol. The summed E-state index contributed by atoms with van der Waals surface area (Å²) in [7, 11) is 0. The van der Waals surface area contributed by atoms with E-state index in [1.807, 2.05) is 18.3 Å². The van der Waals surface area contributed by atoms with Crippen molar-refractivity contribution in [3.63, 3.8) is 0 Å². The summed E-state index contributed by atoms with van der Waals surface area (Å²) in [5.41, 5.74) is 6.74. The van der Waals surface area contributed by atoms with E-state index in [9.17, 15) is 0 Å². The van der Waals surface area contributed by atoms with Crippen molar-refractivity contribution in [2.75, 3.05) is 5.32 Å². The first-order valence-corrected chi connectivity index (χ1v) is 11.0. The summed E-state index contributed by atoms with van der Waals surface area (Å²) < 4.78 is 0. The Morgan fingerprint density at radius 2 is 1.94 bits per heavy atom. The number of pyridine rings is 1. The molecule has 33 heavy (non-hydrogen) atoms. The number of allylic oxidation sites excluding steroid dienone is 3. The summed E-state index contributed by atoms with van der Waals surface area (Å²) in [5.74, 6) is 0.566. The molecule has 0 amide bonds. The highest BCUT2D eigenvalue weighted by Crippen LogP contribution is 2.23. The number of hydrogen-bond acceptors (Lipinski definition) is 5. The Morgan fingerprint density at radius 3 is 2.79 bits per heavy atom. The molecule has 0 saturated heterocycles. The van der Waals surface area contributed by atoms with E-state index in [0.29, 0.717) is 18.1 Å². The zero-order valence-electron chi connectivity index (χ0n) is 18.8. The molecule has 2 aromatic heterocycles. The summed E-state index contributed by atoms with van der Waals surface area (Å²) in [6.45, 7) is 4.79. The molecule has 0 spiro atoms. The lowest BCUT2D eigenvalue weighted by Gasteiger charge is -2.09. The summed E-state index contributed by atoms with van der Waals surface area (Å²) in [6.07, 6.45) is 13.0. The van der Waals surface area contributed by atoms with Crippen LogP contribution in [-0.2, 0) is 6.54 Å². The largest absolute Gasteiger partial charge is 0.350 e. The number of anilines is 1. The molecular weight excluding hydrogens is 406 g/mol. The minimum absolute atomic E-state index is 0.554. The molecule has 2 heterocycles. The third-order valence-electron chi connectivity index (χ3n) is 5.31. The highest BCUT2D eigenvalue weighted by Gasteiger charge is 2.06. The molecule has 0 radical (unpaired) electrons. The standard InChI is InChI=1S/C28H25N5/c1-3-4-5-6-7-23-16-25(10-8-20(23)2)26-12-13-30-28(33-26)32-19-22-14-24-11-9-21(17-29)15-27(24)31-18-22/h4-16,18H,3,19H2,1-2H3,(H,30,32,33)/b5-4+,7-6-. The normalized spacial score (nSPS) is 11.3. The molecular formula is C28H25N5. The van der Waals surface area contributed by atoms with Gasteiger partial charge in [-0.05, 0) is 60.4 Å². The fraction of sp³-hybridized carbons (Fsp3) is 0.143. The van der Waals surface area contributed by atoms with Crippen LogP contribution in [-0.4, -0.2) is 15.0 Å². The minimum Gasteiger partial charge on any atom is -0.350 e. The van der Waals surface area contributed by atoms with Gasteiger partial charge in [0, 0.05) is 29.9 Å². The summed E-state index contributed by atoms with van der Waals surface area (Å²) in [5, 5.41) is 13.3. The van der Waals surface area contributed by atoms with Crippen molar-refractivity contribution < 1.29 is 0 Å².